The van der Waals surface area contributed by atoms with Crippen molar-refractivity contribution in [1.29, 1.82) is 5.26 Å². The van der Waals surface area contributed by atoms with E-state index < -0.39 is 0 Å². The topological polar surface area (TPSA) is 56.6 Å². The van der Waals surface area contributed by atoms with Crippen molar-refractivity contribution in [1.82, 2.24) is 9.80 Å². The Kier molecular flexibility index (Phi) is 5.66. The van der Waals surface area contributed by atoms with Gasteiger partial charge in [0, 0.05) is 38.0 Å². The van der Waals surface area contributed by atoms with Gasteiger partial charge < -0.3 is 9.64 Å². The van der Waals surface area contributed by atoms with Crippen molar-refractivity contribution < 1.29 is 9.53 Å². The quantitative estimate of drug-likeness (QED) is 0.805. The maximum Gasteiger partial charge on any atom is 0.223 e. The van der Waals surface area contributed by atoms with E-state index in [4.69, 9.17) is 10.00 Å². The number of nitriles is 1. The van der Waals surface area contributed by atoms with Crippen molar-refractivity contribution >= 4 is 5.91 Å². The Labute approximate surface area is 172 Å². The van der Waals surface area contributed by atoms with E-state index in [1.165, 1.54) is 11.1 Å². The van der Waals surface area contributed by atoms with E-state index in [-0.39, 0.29) is 17.4 Å². The molecule has 2 heterocycles. The van der Waals surface area contributed by atoms with Crippen LogP contribution in [0.15, 0.2) is 54.6 Å². The predicted octanol–water partition coefficient (Wildman–Crippen LogP) is 3.37. The molecule has 0 aromatic heterocycles. The van der Waals surface area contributed by atoms with Crippen LogP contribution in [0.1, 0.15) is 36.1 Å². The number of ether oxygens (including phenoxy) is 1. The molecule has 0 bridgehead atoms. The molecule has 2 saturated heterocycles. The first-order valence-electron chi connectivity index (χ1n) is 10.2. The second-order valence-corrected chi connectivity index (χ2v) is 8.36. The summed E-state index contributed by atoms with van der Waals surface area (Å²) >= 11 is 0. The lowest BCUT2D eigenvalue weighted by Gasteiger charge is -2.33. The molecule has 2 aliphatic heterocycles. The zero-order chi connectivity index (χ0) is 20.3. The normalized spacial score (nSPS) is 23.7. The molecule has 4 rings (SSSR count). The molecule has 2 atom stereocenters. The minimum atomic E-state index is -0.163. The number of hydrogen-bond acceptors (Lipinski definition) is 4. The van der Waals surface area contributed by atoms with Crippen LogP contribution in [0.5, 0.6) is 0 Å². The molecule has 29 heavy (non-hydrogen) atoms. The Bertz CT molecular complexity index is 891. The van der Waals surface area contributed by atoms with Crippen molar-refractivity contribution in [3.05, 3.63) is 71.3 Å². The molecule has 2 aliphatic rings. The van der Waals surface area contributed by atoms with Crippen molar-refractivity contribution in [2.24, 2.45) is 5.41 Å². The lowest BCUT2D eigenvalue weighted by molar-refractivity contribution is -0.129. The monoisotopic (exact) mass is 389 g/mol. The Morgan fingerprint density at radius 1 is 1.14 bits per heavy atom. The largest absolute Gasteiger partial charge is 0.379 e. The second-order valence-electron chi connectivity index (χ2n) is 8.36. The van der Waals surface area contributed by atoms with Crippen molar-refractivity contribution in [3.8, 4) is 6.07 Å². The molecule has 0 unspecified atom stereocenters. The third kappa shape index (κ3) is 4.34. The number of nitrogens with zero attached hydrogens (tertiary/aromatic N) is 3. The Morgan fingerprint density at radius 3 is 2.62 bits per heavy atom. The highest BCUT2D eigenvalue weighted by atomic mass is 16.5. The molecule has 150 valence electrons. The predicted molar refractivity (Wildman–Crippen MR) is 111 cm³/mol. The van der Waals surface area contributed by atoms with E-state index in [1.807, 2.05) is 47.4 Å². The van der Waals surface area contributed by atoms with Crippen LogP contribution < -0.4 is 0 Å². The van der Waals surface area contributed by atoms with Gasteiger partial charge >= 0.3 is 0 Å². The van der Waals surface area contributed by atoms with Gasteiger partial charge in [0.25, 0.3) is 0 Å². The molecule has 2 aromatic rings. The van der Waals surface area contributed by atoms with Gasteiger partial charge in [0.15, 0.2) is 0 Å². The molecule has 0 N–H and O–H groups in total. The van der Waals surface area contributed by atoms with Crippen LogP contribution in [0.25, 0.3) is 0 Å². The van der Waals surface area contributed by atoms with Crippen LogP contribution in [0.4, 0.5) is 0 Å². The van der Waals surface area contributed by atoms with Crippen LogP contribution in [0.3, 0.4) is 0 Å². The Hall–Kier alpha value is -2.68. The van der Waals surface area contributed by atoms with Crippen LogP contribution in [-0.2, 0) is 16.1 Å². The molecule has 2 fully saturated rings. The van der Waals surface area contributed by atoms with E-state index in [0.717, 1.165) is 26.2 Å². The summed E-state index contributed by atoms with van der Waals surface area (Å²) in [4.78, 5) is 17.3. The van der Waals surface area contributed by atoms with Gasteiger partial charge in [-0.25, -0.2) is 0 Å². The number of amides is 1. The highest BCUT2D eigenvalue weighted by Gasteiger charge is 2.46. The first-order chi connectivity index (χ1) is 14.1. The number of hydrogen-bond donors (Lipinski definition) is 0. The fraction of sp³-hybridized carbons (Fsp3) is 0.417. The van der Waals surface area contributed by atoms with Crippen LogP contribution in [0, 0.1) is 16.7 Å². The van der Waals surface area contributed by atoms with Crippen LogP contribution >= 0.6 is 0 Å². The molecular formula is C24H27N3O2. The van der Waals surface area contributed by atoms with Crippen molar-refractivity contribution in [2.45, 2.75) is 25.9 Å². The molecule has 1 amide bonds. The summed E-state index contributed by atoms with van der Waals surface area (Å²) in [6, 6.07) is 20.2. The average molecular weight is 389 g/mol. The Balaban J connectivity index is 1.48. The number of carbonyl (C=O) groups is 1. The molecule has 0 aliphatic carbocycles. The number of rotatable bonds is 4. The van der Waals surface area contributed by atoms with Gasteiger partial charge in [-0.3, -0.25) is 9.69 Å². The minimum Gasteiger partial charge on any atom is -0.379 e. The van der Waals surface area contributed by atoms with Crippen LogP contribution in [-0.4, -0.2) is 48.6 Å². The van der Waals surface area contributed by atoms with E-state index in [1.54, 1.807) is 0 Å². The van der Waals surface area contributed by atoms with Crippen LogP contribution in [0.2, 0.25) is 0 Å². The van der Waals surface area contributed by atoms with E-state index in [2.05, 4.69) is 30.0 Å². The zero-order valence-electron chi connectivity index (χ0n) is 16.9. The molecule has 0 saturated carbocycles. The summed E-state index contributed by atoms with van der Waals surface area (Å²) < 4.78 is 5.96. The van der Waals surface area contributed by atoms with Gasteiger partial charge in [-0.2, -0.15) is 5.26 Å². The molecule has 2 aromatic carbocycles. The third-order valence-corrected chi connectivity index (χ3v) is 6.11. The second kappa shape index (κ2) is 8.36. The fourth-order valence-electron chi connectivity index (χ4n) is 4.55. The first-order valence-corrected chi connectivity index (χ1v) is 10.2. The van der Waals surface area contributed by atoms with Gasteiger partial charge in [-0.1, -0.05) is 42.5 Å². The summed E-state index contributed by atoms with van der Waals surface area (Å²) in [7, 11) is 0. The summed E-state index contributed by atoms with van der Waals surface area (Å²) in [6.07, 6.45) is 0.536. The standard InChI is InChI=1S/C24H27N3O2/c1-19(22-5-3-2-4-6-22)27-17-24(13-23(27)28)16-26(11-12-29-18-24)15-21-9-7-20(14-25)8-10-21/h2-10,19H,11-13,15-18H2,1H3/t19-,24-/m1/s1. The maximum absolute atomic E-state index is 12.9. The lowest BCUT2D eigenvalue weighted by atomic mass is 9.87. The number of benzene rings is 2. The smallest absolute Gasteiger partial charge is 0.223 e. The number of likely N-dealkylation sites (tertiary alicyclic amines) is 1. The average Bonchev–Trinajstić information content (AvgIpc) is 2.94. The molecule has 5 nitrogen and oxygen atoms in total. The molecular weight excluding hydrogens is 362 g/mol. The first kappa shape index (κ1) is 19.6. The van der Waals surface area contributed by atoms with E-state index >= 15 is 0 Å². The van der Waals surface area contributed by atoms with Gasteiger partial charge in [0.1, 0.15) is 0 Å². The van der Waals surface area contributed by atoms with E-state index in [0.29, 0.717) is 25.2 Å². The van der Waals surface area contributed by atoms with E-state index in [9.17, 15) is 4.79 Å². The SMILES string of the molecule is C[C@H](c1ccccc1)N1C[C@@]2(COCCN(Cc3ccc(C#N)cc3)C2)CC1=O. The summed E-state index contributed by atoms with van der Waals surface area (Å²) in [5, 5.41) is 8.99. The highest BCUT2D eigenvalue weighted by molar-refractivity contribution is 5.80. The third-order valence-electron chi connectivity index (χ3n) is 6.11. The van der Waals surface area contributed by atoms with Gasteiger partial charge in [0.2, 0.25) is 5.91 Å². The van der Waals surface area contributed by atoms with Gasteiger partial charge in [0.05, 0.1) is 30.9 Å². The number of carbonyl (C=O) groups excluding carboxylic acids is 1. The Morgan fingerprint density at radius 2 is 1.90 bits per heavy atom. The van der Waals surface area contributed by atoms with Crippen molar-refractivity contribution in [2.75, 3.05) is 32.8 Å². The summed E-state index contributed by atoms with van der Waals surface area (Å²) in [5.41, 5.74) is 2.86. The minimum absolute atomic E-state index is 0.0679. The maximum atomic E-state index is 12.9. The molecule has 0 radical (unpaired) electrons. The molecule has 5 heteroatoms. The van der Waals surface area contributed by atoms with Gasteiger partial charge in [-0.05, 0) is 30.2 Å². The summed E-state index contributed by atoms with van der Waals surface area (Å²) in [5.74, 6) is 0.213. The molecule has 1 spiro atoms. The highest BCUT2D eigenvalue weighted by Crippen LogP contribution is 2.38. The lowest BCUT2D eigenvalue weighted by Crippen LogP contribution is -2.40. The summed E-state index contributed by atoms with van der Waals surface area (Å²) in [6.45, 7) is 6.64. The fourth-order valence-corrected chi connectivity index (χ4v) is 4.55. The zero-order valence-corrected chi connectivity index (χ0v) is 16.9. The van der Waals surface area contributed by atoms with Crippen molar-refractivity contribution in [3.63, 3.8) is 0 Å². The van der Waals surface area contributed by atoms with Gasteiger partial charge in [-0.15, -0.1) is 0 Å².